The molecule has 110 valence electrons. The first-order chi connectivity index (χ1) is 8.40. The lowest BCUT2D eigenvalue weighted by Crippen LogP contribution is -2.54. The standard InChI is InChI=1S/C12H21NO6/c1-11(2,3)19-10(18)13(5)12(4,9(16)17)7-6-8(14)15/h6-7H2,1-5H3,(H,14,15)(H,16,17)/t12-/m1/s1. The Labute approximate surface area is 112 Å². The fraction of sp³-hybridized carbons (Fsp3) is 0.750. The van der Waals surface area contributed by atoms with Gasteiger partial charge in [-0.3, -0.25) is 9.69 Å². The van der Waals surface area contributed by atoms with Crippen molar-refractivity contribution in [3.63, 3.8) is 0 Å². The smallest absolute Gasteiger partial charge is 0.410 e. The number of aliphatic carboxylic acids is 2. The molecule has 7 heteroatoms. The molecule has 0 aromatic heterocycles. The molecule has 1 amide bonds. The van der Waals surface area contributed by atoms with E-state index in [0.717, 1.165) is 4.90 Å². The lowest BCUT2D eigenvalue weighted by molar-refractivity contribution is -0.150. The second-order valence-electron chi connectivity index (χ2n) is 5.51. The van der Waals surface area contributed by atoms with Crippen molar-refractivity contribution >= 4 is 18.0 Å². The average Bonchev–Trinajstić information content (AvgIpc) is 2.21. The number of carbonyl (C=O) groups is 3. The second kappa shape index (κ2) is 5.90. The molecule has 0 aliphatic carbocycles. The summed E-state index contributed by atoms with van der Waals surface area (Å²) in [4.78, 5) is 34.6. The van der Waals surface area contributed by atoms with Gasteiger partial charge in [-0.05, 0) is 34.1 Å². The van der Waals surface area contributed by atoms with Crippen LogP contribution in [0, 0.1) is 0 Å². The van der Waals surface area contributed by atoms with Gasteiger partial charge in [0.15, 0.2) is 0 Å². The Bertz CT molecular complexity index is 373. The molecular weight excluding hydrogens is 254 g/mol. The minimum Gasteiger partial charge on any atom is -0.481 e. The number of hydrogen-bond acceptors (Lipinski definition) is 4. The van der Waals surface area contributed by atoms with Crippen molar-refractivity contribution in [2.45, 2.75) is 51.7 Å². The maximum atomic E-state index is 11.8. The number of rotatable bonds is 5. The van der Waals surface area contributed by atoms with Crippen molar-refractivity contribution in [1.82, 2.24) is 4.90 Å². The van der Waals surface area contributed by atoms with E-state index in [2.05, 4.69) is 0 Å². The largest absolute Gasteiger partial charge is 0.481 e. The zero-order chi connectivity index (χ0) is 15.4. The number of likely N-dealkylation sites (N-methyl/N-ethyl adjacent to an activating group) is 1. The molecule has 19 heavy (non-hydrogen) atoms. The highest BCUT2D eigenvalue weighted by Crippen LogP contribution is 2.23. The number of carboxylic acids is 2. The van der Waals surface area contributed by atoms with Crippen molar-refractivity contribution in [2.24, 2.45) is 0 Å². The van der Waals surface area contributed by atoms with E-state index in [1.165, 1.54) is 14.0 Å². The Morgan fingerprint density at radius 1 is 1.11 bits per heavy atom. The zero-order valence-corrected chi connectivity index (χ0v) is 11.9. The fourth-order valence-electron chi connectivity index (χ4n) is 1.30. The van der Waals surface area contributed by atoms with Crippen molar-refractivity contribution in [3.8, 4) is 0 Å². The number of ether oxygens (including phenoxy) is 1. The Hall–Kier alpha value is -1.79. The molecule has 0 bridgehead atoms. The van der Waals surface area contributed by atoms with Gasteiger partial charge in [-0.25, -0.2) is 9.59 Å². The van der Waals surface area contributed by atoms with Gasteiger partial charge >= 0.3 is 18.0 Å². The first-order valence-corrected chi connectivity index (χ1v) is 5.82. The molecule has 0 rings (SSSR count). The molecule has 0 unspecified atom stereocenters. The summed E-state index contributed by atoms with van der Waals surface area (Å²) in [6, 6.07) is 0. The van der Waals surface area contributed by atoms with Gasteiger partial charge in [-0.1, -0.05) is 0 Å². The van der Waals surface area contributed by atoms with Gasteiger partial charge in [0.05, 0.1) is 0 Å². The Balaban J connectivity index is 5.02. The minimum absolute atomic E-state index is 0.201. The minimum atomic E-state index is -1.62. The van der Waals surface area contributed by atoms with Crippen LogP contribution in [-0.4, -0.2) is 51.3 Å². The molecular formula is C12H21NO6. The molecule has 0 saturated heterocycles. The van der Waals surface area contributed by atoms with Crippen molar-refractivity contribution in [2.75, 3.05) is 7.05 Å². The van der Waals surface area contributed by atoms with E-state index in [0.29, 0.717) is 0 Å². The number of hydrogen-bond donors (Lipinski definition) is 2. The lowest BCUT2D eigenvalue weighted by atomic mass is 9.94. The van der Waals surface area contributed by atoms with E-state index in [9.17, 15) is 19.5 Å². The summed E-state index contributed by atoms with van der Waals surface area (Å²) < 4.78 is 5.08. The summed E-state index contributed by atoms with van der Waals surface area (Å²) >= 11 is 0. The highest BCUT2D eigenvalue weighted by Gasteiger charge is 2.42. The van der Waals surface area contributed by atoms with Gasteiger partial charge in [0, 0.05) is 13.5 Å². The van der Waals surface area contributed by atoms with Crippen LogP contribution in [0.3, 0.4) is 0 Å². The van der Waals surface area contributed by atoms with E-state index in [1.807, 2.05) is 0 Å². The molecule has 0 heterocycles. The normalized spacial score (nSPS) is 14.4. The van der Waals surface area contributed by atoms with Crippen LogP contribution in [0.2, 0.25) is 0 Å². The van der Waals surface area contributed by atoms with Crippen LogP contribution >= 0.6 is 0 Å². The first-order valence-electron chi connectivity index (χ1n) is 5.82. The predicted octanol–water partition coefficient (Wildman–Crippen LogP) is 1.56. The van der Waals surface area contributed by atoms with Gasteiger partial charge in [0.25, 0.3) is 0 Å². The third kappa shape index (κ3) is 5.15. The van der Waals surface area contributed by atoms with Crippen LogP contribution in [0.25, 0.3) is 0 Å². The molecule has 0 aliphatic rings. The quantitative estimate of drug-likeness (QED) is 0.789. The monoisotopic (exact) mass is 275 g/mol. The topological polar surface area (TPSA) is 104 Å². The first kappa shape index (κ1) is 17.2. The summed E-state index contributed by atoms with van der Waals surface area (Å²) in [6.07, 6.45) is -1.36. The molecule has 0 aliphatic heterocycles. The lowest BCUT2D eigenvalue weighted by Gasteiger charge is -2.35. The van der Waals surface area contributed by atoms with E-state index in [1.54, 1.807) is 20.8 Å². The third-order valence-corrected chi connectivity index (χ3v) is 2.69. The second-order valence-corrected chi connectivity index (χ2v) is 5.51. The molecule has 0 aromatic rings. The fourth-order valence-corrected chi connectivity index (χ4v) is 1.30. The Kier molecular flexibility index (Phi) is 5.34. The van der Waals surface area contributed by atoms with Crippen LogP contribution in [0.5, 0.6) is 0 Å². The van der Waals surface area contributed by atoms with E-state index >= 15 is 0 Å². The van der Waals surface area contributed by atoms with E-state index in [4.69, 9.17) is 9.84 Å². The zero-order valence-electron chi connectivity index (χ0n) is 11.9. The Morgan fingerprint density at radius 2 is 1.58 bits per heavy atom. The SMILES string of the molecule is CN(C(=O)OC(C)(C)C)[C@](C)(CCC(=O)O)C(=O)O. The summed E-state index contributed by atoms with van der Waals surface area (Å²) in [5, 5.41) is 17.9. The molecule has 0 spiro atoms. The van der Waals surface area contributed by atoms with Crippen molar-refractivity contribution < 1.29 is 29.3 Å². The van der Waals surface area contributed by atoms with E-state index < -0.39 is 29.2 Å². The van der Waals surface area contributed by atoms with Gasteiger partial charge < -0.3 is 14.9 Å². The number of carbonyl (C=O) groups excluding carboxylic acids is 1. The van der Waals surface area contributed by atoms with Gasteiger partial charge in [0.2, 0.25) is 0 Å². The molecule has 0 radical (unpaired) electrons. The Morgan fingerprint density at radius 3 is 1.89 bits per heavy atom. The number of amides is 1. The van der Waals surface area contributed by atoms with Gasteiger partial charge in [0.1, 0.15) is 11.1 Å². The van der Waals surface area contributed by atoms with Crippen LogP contribution < -0.4 is 0 Å². The molecule has 1 atom stereocenters. The maximum Gasteiger partial charge on any atom is 0.410 e. The molecule has 2 N–H and O–H groups in total. The predicted molar refractivity (Wildman–Crippen MR) is 66.9 cm³/mol. The van der Waals surface area contributed by atoms with Crippen LogP contribution in [0.4, 0.5) is 4.79 Å². The maximum absolute atomic E-state index is 11.8. The molecule has 0 saturated carbocycles. The van der Waals surface area contributed by atoms with Crippen molar-refractivity contribution in [1.29, 1.82) is 0 Å². The summed E-state index contributed by atoms with van der Waals surface area (Å²) in [5.41, 5.74) is -2.38. The van der Waals surface area contributed by atoms with Gasteiger partial charge in [-0.15, -0.1) is 0 Å². The summed E-state index contributed by atoms with van der Waals surface area (Å²) in [6.45, 7) is 6.28. The van der Waals surface area contributed by atoms with E-state index in [-0.39, 0.29) is 12.8 Å². The number of carboxylic acid groups (broad SMARTS) is 2. The average molecular weight is 275 g/mol. The van der Waals surface area contributed by atoms with Gasteiger partial charge in [-0.2, -0.15) is 0 Å². The summed E-state index contributed by atoms with van der Waals surface area (Å²) in [7, 11) is 1.28. The number of nitrogens with zero attached hydrogens (tertiary/aromatic N) is 1. The van der Waals surface area contributed by atoms with Crippen LogP contribution in [-0.2, 0) is 14.3 Å². The molecule has 0 fully saturated rings. The molecule has 0 aromatic carbocycles. The highest BCUT2D eigenvalue weighted by atomic mass is 16.6. The highest BCUT2D eigenvalue weighted by molar-refractivity contribution is 5.84. The third-order valence-electron chi connectivity index (χ3n) is 2.69. The summed E-state index contributed by atoms with van der Waals surface area (Å²) in [5.74, 6) is -2.40. The van der Waals surface area contributed by atoms with Crippen molar-refractivity contribution in [3.05, 3.63) is 0 Å². The van der Waals surface area contributed by atoms with Crippen LogP contribution in [0.1, 0.15) is 40.5 Å². The molecule has 7 nitrogen and oxygen atoms in total. The van der Waals surface area contributed by atoms with Crippen LogP contribution in [0.15, 0.2) is 0 Å².